The van der Waals surface area contributed by atoms with Crippen molar-refractivity contribution < 1.29 is 46.8 Å². The van der Waals surface area contributed by atoms with E-state index in [0.717, 1.165) is 69.1 Å². The zero-order chi connectivity index (χ0) is 55.8. The summed E-state index contributed by atoms with van der Waals surface area (Å²) in [6.45, 7) is 27.6. The van der Waals surface area contributed by atoms with Crippen LogP contribution in [0.15, 0.2) is 115 Å². The molecule has 10 nitrogen and oxygen atoms in total. The molecular formula is C66H96O10Si2. The van der Waals surface area contributed by atoms with Gasteiger partial charge in [-0.25, -0.2) is 0 Å². The lowest BCUT2D eigenvalue weighted by Crippen LogP contribution is -2.66. The molecule has 11 atom stereocenters. The van der Waals surface area contributed by atoms with Crippen LogP contribution < -0.4 is 15.1 Å². The Morgan fingerprint density at radius 2 is 1.28 bits per heavy atom. The van der Waals surface area contributed by atoms with Gasteiger partial charge in [0.25, 0.3) is 8.32 Å². The van der Waals surface area contributed by atoms with Crippen LogP contribution in [0.3, 0.4) is 0 Å². The molecule has 4 fully saturated rings. The molecule has 0 N–H and O–H groups in total. The summed E-state index contributed by atoms with van der Waals surface area (Å²) >= 11 is 0. The summed E-state index contributed by atoms with van der Waals surface area (Å²) in [6.07, 6.45) is 6.57. The highest BCUT2D eigenvalue weighted by Gasteiger charge is 2.54. The average Bonchev–Trinajstić information content (AvgIpc) is 3.88. The summed E-state index contributed by atoms with van der Waals surface area (Å²) in [6, 6.07) is 40.1. The largest absolute Gasteiger partial charge is 0.497 e. The molecule has 0 spiro atoms. The Bertz CT molecular complexity index is 2420. The minimum Gasteiger partial charge on any atom is -0.497 e. The van der Waals surface area contributed by atoms with Gasteiger partial charge in [-0.05, 0) is 141 Å². The molecule has 0 saturated carbocycles. The number of rotatable bonds is 21. The van der Waals surface area contributed by atoms with Crippen LogP contribution in [0.4, 0.5) is 0 Å². The van der Waals surface area contributed by atoms with Crippen molar-refractivity contribution >= 4 is 32.8 Å². The number of fused-ring (bicyclic) bond motifs is 2. The monoisotopic (exact) mass is 1100 g/mol. The van der Waals surface area contributed by atoms with Gasteiger partial charge < -0.3 is 42.0 Å². The van der Waals surface area contributed by atoms with E-state index in [-0.39, 0.29) is 58.4 Å². The molecular weight excluding hydrogens is 1010 g/mol. The minimum atomic E-state index is -2.66. The van der Waals surface area contributed by atoms with Crippen molar-refractivity contribution in [1.29, 1.82) is 0 Å². The Hall–Kier alpha value is -3.54. The van der Waals surface area contributed by atoms with Gasteiger partial charge in [-0.15, -0.1) is 0 Å². The molecule has 428 valence electrons. The fourth-order valence-corrected chi connectivity index (χ4v) is 19.0. The number of carbonyl (C=O) groups is 1. The van der Waals surface area contributed by atoms with Crippen LogP contribution in [0.1, 0.15) is 150 Å². The molecule has 4 aromatic carbocycles. The van der Waals surface area contributed by atoms with Crippen LogP contribution in [0.2, 0.25) is 23.2 Å². The molecule has 4 heterocycles. The van der Waals surface area contributed by atoms with Gasteiger partial charge in [-0.2, -0.15) is 0 Å². The number of carbonyl (C=O) groups excluding carboxylic acids is 1. The summed E-state index contributed by atoms with van der Waals surface area (Å²) < 4.78 is 62.5. The average molecular weight is 1110 g/mol. The van der Waals surface area contributed by atoms with Gasteiger partial charge in [0.15, 0.2) is 14.1 Å². The SMILES string of the molecule is COc1ccc(CO[C@@H]2CC[C@@H]3O[C@H](CCCOCc4ccccc4)[C@@](C)(O[Si](C)(C)C(C)(C)C)CC[C@H]3O[C@H]2C[C@H]2O[C@H]3C[C@H](C)[C@H](CCCO[Si](c4ccccc4)(c4ccccc4)C(C)(C)C)O[C@]3(C)CCC2=O)cc1. The predicted octanol–water partition coefficient (Wildman–Crippen LogP) is 13.5. The maximum atomic E-state index is 14.5. The smallest absolute Gasteiger partial charge is 0.261 e. The number of benzene rings is 4. The number of methoxy groups -OCH3 is 1. The van der Waals surface area contributed by atoms with Crippen LogP contribution in [0, 0.1) is 5.92 Å². The van der Waals surface area contributed by atoms with E-state index in [9.17, 15) is 4.79 Å². The van der Waals surface area contributed by atoms with Crippen molar-refractivity contribution in [2.45, 2.75) is 236 Å². The van der Waals surface area contributed by atoms with Crippen molar-refractivity contribution in [2.24, 2.45) is 5.92 Å². The van der Waals surface area contributed by atoms with Crippen molar-refractivity contribution in [3.8, 4) is 5.75 Å². The fourth-order valence-electron chi connectivity index (χ4n) is 12.7. The molecule has 12 heteroatoms. The maximum Gasteiger partial charge on any atom is 0.261 e. The topological polar surface area (TPSA) is 100 Å². The van der Waals surface area contributed by atoms with Crippen molar-refractivity contribution in [3.05, 3.63) is 126 Å². The van der Waals surface area contributed by atoms with Crippen molar-refractivity contribution in [1.82, 2.24) is 0 Å². The Labute approximate surface area is 471 Å². The van der Waals surface area contributed by atoms with Gasteiger partial charge in [0.2, 0.25) is 0 Å². The Morgan fingerprint density at radius 1 is 0.667 bits per heavy atom. The predicted molar refractivity (Wildman–Crippen MR) is 317 cm³/mol. The molecule has 0 unspecified atom stereocenters. The molecule has 0 bridgehead atoms. The maximum absolute atomic E-state index is 14.5. The van der Waals surface area contributed by atoms with Crippen molar-refractivity contribution in [2.75, 3.05) is 20.3 Å². The second-order valence-electron chi connectivity index (χ2n) is 26.2. The molecule has 0 aromatic heterocycles. The van der Waals surface area contributed by atoms with E-state index in [2.05, 4.69) is 172 Å². The van der Waals surface area contributed by atoms with Crippen LogP contribution >= 0.6 is 0 Å². The highest BCUT2D eigenvalue weighted by atomic mass is 28.4. The number of Topliss-reactive ketones (excluding diaryl/α,β-unsaturated/α-hetero) is 1. The van der Waals surface area contributed by atoms with E-state index in [0.29, 0.717) is 45.7 Å². The molecule has 0 radical (unpaired) electrons. The Morgan fingerprint density at radius 3 is 1.91 bits per heavy atom. The van der Waals surface area contributed by atoms with Crippen LogP contribution in [-0.4, -0.2) is 103 Å². The molecule has 8 rings (SSSR count). The zero-order valence-corrected chi connectivity index (χ0v) is 51.6. The third-order valence-electron chi connectivity index (χ3n) is 18.3. The third-order valence-corrected chi connectivity index (χ3v) is 28.0. The standard InChI is InChI=1S/C66H96O10Si2/c1-48-44-62-65(8,75-55(48)30-22-43-71-78(64(5,6)7,52-26-18-14-19-27-52)53-28-20-15-21-29-53)40-38-54(67)59(74-62)45-60-56(70-47-50-32-34-51(68-10)35-33-50)36-37-57-58(72-60)39-41-66(9,76-77(11,12)63(2,3)4)61(73-57)31-23-42-69-46-49-24-16-13-17-25-49/h13-21,24-29,32-35,48,55-62H,22-23,30-31,36-47H2,1-12H3/t48-,55-,56+,57-,58+,59+,60-,61+,62-,65+,66-/m0/s1. The van der Waals surface area contributed by atoms with Gasteiger partial charge in [0.1, 0.15) is 11.9 Å². The van der Waals surface area contributed by atoms with Crippen molar-refractivity contribution in [3.63, 3.8) is 0 Å². The summed E-state index contributed by atoms with van der Waals surface area (Å²) in [5.41, 5.74) is 1.10. The summed E-state index contributed by atoms with van der Waals surface area (Å²) in [4.78, 5) is 14.5. The Balaban J connectivity index is 0.968. The summed E-state index contributed by atoms with van der Waals surface area (Å²) in [5.74, 6) is 1.14. The summed E-state index contributed by atoms with van der Waals surface area (Å²) in [5, 5.41) is 2.51. The first-order valence-corrected chi connectivity index (χ1v) is 34.4. The van der Waals surface area contributed by atoms with Crippen LogP contribution in [-0.2, 0) is 55.3 Å². The normalized spacial score (nSPS) is 29.4. The van der Waals surface area contributed by atoms with E-state index in [1.54, 1.807) is 7.11 Å². The molecule has 0 amide bonds. The Kier molecular flexibility index (Phi) is 20.3. The van der Waals surface area contributed by atoms with E-state index in [4.69, 9.17) is 42.0 Å². The lowest BCUT2D eigenvalue weighted by atomic mass is 9.80. The molecule has 0 aliphatic carbocycles. The van der Waals surface area contributed by atoms with Gasteiger partial charge >= 0.3 is 0 Å². The fraction of sp³-hybridized carbons (Fsp3) is 0.621. The van der Waals surface area contributed by atoms with Gasteiger partial charge in [-0.3, -0.25) is 4.79 Å². The first-order chi connectivity index (χ1) is 37.1. The molecule has 4 aliphatic heterocycles. The lowest BCUT2D eigenvalue weighted by molar-refractivity contribution is -0.225. The number of ether oxygens (including phenoxy) is 7. The number of hydrogen-bond donors (Lipinski definition) is 0. The second-order valence-corrected chi connectivity index (χ2v) is 35.2. The highest BCUT2D eigenvalue weighted by Crippen LogP contribution is 2.47. The second kappa shape index (κ2) is 26.1. The quantitative estimate of drug-likeness (QED) is 0.0592. The molecule has 78 heavy (non-hydrogen) atoms. The minimum absolute atomic E-state index is 0.0225. The van der Waals surface area contributed by atoms with E-state index < -0.39 is 40.0 Å². The molecule has 4 saturated heterocycles. The van der Waals surface area contributed by atoms with E-state index in [1.165, 1.54) is 15.9 Å². The van der Waals surface area contributed by atoms with Crippen LogP contribution in [0.5, 0.6) is 5.75 Å². The van der Waals surface area contributed by atoms with Crippen LogP contribution in [0.25, 0.3) is 0 Å². The number of ketones is 1. The highest BCUT2D eigenvalue weighted by molar-refractivity contribution is 6.99. The lowest BCUT2D eigenvalue weighted by Gasteiger charge is -2.47. The first kappa shape index (κ1) is 60.6. The van der Waals surface area contributed by atoms with Gasteiger partial charge in [0, 0.05) is 26.1 Å². The molecule has 4 aromatic rings. The zero-order valence-electron chi connectivity index (χ0n) is 49.6. The number of hydrogen-bond acceptors (Lipinski definition) is 10. The summed E-state index contributed by atoms with van der Waals surface area (Å²) in [7, 11) is -3.21. The third kappa shape index (κ3) is 14.6. The van der Waals surface area contributed by atoms with Gasteiger partial charge in [-0.1, -0.05) is 152 Å². The molecule has 4 aliphatic rings. The first-order valence-electron chi connectivity index (χ1n) is 29.6. The van der Waals surface area contributed by atoms with E-state index in [1.807, 2.05) is 18.2 Å². The van der Waals surface area contributed by atoms with E-state index >= 15 is 0 Å². The van der Waals surface area contributed by atoms with Gasteiger partial charge in [0.05, 0.1) is 74.3 Å².